The van der Waals surface area contributed by atoms with Crippen LogP contribution >= 0.6 is 12.2 Å². The van der Waals surface area contributed by atoms with Gasteiger partial charge in [-0.05, 0) is 38.0 Å². The van der Waals surface area contributed by atoms with E-state index in [0.717, 1.165) is 4.99 Å². The number of nitrogens with one attached hydrogen (secondary N) is 2. The maximum Gasteiger partial charge on any atom is 0.100 e. The van der Waals surface area contributed by atoms with Crippen LogP contribution in [0.25, 0.3) is 0 Å². The van der Waals surface area contributed by atoms with Crippen molar-refractivity contribution in [3.8, 4) is 0 Å². The molecule has 0 saturated heterocycles. The van der Waals surface area contributed by atoms with Crippen molar-refractivity contribution in [3.05, 3.63) is 12.3 Å². The van der Waals surface area contributed by atoms with E-state index in [0.29, 0.717) is 12.1 Å². The second-order valence-corrected chi connectivity index (χ2v) is 6.12. The summed E-state index contributed by atoms with van der Waals surface area (Å²) in [5, 5.41) is 6.94. The summed E-state index contributed by atoms with van der Waals surface area (Å²) in [7, 11) is 0. The van der Waals surface area contributed by atoms with Gasteiger partial charge in [0.25, 0.3) is 0 Å². The minimum Gasteiger partial charge on any atom is -0.388 e. The Morgan fingerprint density at radius 3 is 2.00 bits per heavy atom. The summed E-state index contributed by atoms with van der Waals surface area (Å²) in [5.74, 6) is 0. The lowest BCUT2D eigenvalue weighted by Gasteiger charge is -2.23. The van der Waals surface area contributed by atoms with Crippen molar-refractivity contribution in [1.29, 1.82) is 0 Å². The van der Waals surface area contributed by atoms with Crippen LogP contribution in [0.4, 0.5) is 0 Å². The summed E-state index contributed by atoms with van der Waals surface area (Å²) < 4.78 is 0. The first kappa shape index (κ1) is 13.9. The van der Waals surface area contributed by atoms with E-state index in [2.05, 4.69) is 10.6 Å². The van der Waals surface area contributed by atoms with E-state index >= 15 is 0 Å². The molecular weight excluding hydrogens is 240 g/mol. The summed E-state index contributed by atoms with van der Waals surface area (Å²) in [5.41, 5.74) is 0. The van der Waals surface area contributed by atoms with Crippen LogP contribution in [-0.2, 0) is 0 Å². The molecule has 102 valence electrons. The Labute approximate surface area is 117 Å². The molecule has 0 aromatic heterocycles. The molecule has 0 unspecified atom stereocenters. The molecule has 0 heterocycles. The fourth-order valence-electron chi connectivity index (χ4n) is 3.03. The van der Waals surface area contributed by atoms with Crippen molar-refractivity contribution < 1.29 is 0 Å². The van der Waals surface area contributed by atoms with Gasteiger partial charge in [0, 0.05) is 12.1 Å². The van der Waals surface area contributed by atoms with Gasteiger partial charge in [-0.25, -0.2) is 0 Å². The van der Waals surface area contributed by atoms with Gasteiger partial charge in [-0.15, -0.1) is 0 Å². The molecule has 2 aliphatic rings. The zero-order chi connectivity index (χ0) is 12.6. The summed E-state index contributed by atoms with van der Waals surface area (Å²) in [6, 6.07) is 1.29. The molecule has 2 rings (SSSR count). The Bertz CT molecular complexity index is 276. The fraction of sp³-hybridized carbons (Fsp3) is 0.800. The Morgan fingerprint density at radius 2 is 1.39 bits per heavy atom. The molecule has 0 spiro atoms. The quantitative estimate of drug-likeness (QED) is 0.600. The molecule has 0 bridgehead atoms. The van der Waals surface area contributed by atoms with Crippen LogP contribution in [0.3, 0.4) is 0 Å². The Kier molecular flexibility index (Phi) is 5.98. The lowest BCUT2D eigenvalue weighted by molar-refractivity contribution is 0.404. The van der Waals surface area contributed by atoms with Crippen LogP contribution in [0.5, 0.6) is 0 Å². The van der Waals surface area contributed by atoms with Crippen molar-refractivity contribution in [1.82, 2.24) is 10.6 Å². The van der Waals surface area contributed by atoms with E-state index < -0.39 is 0 Å². The van der Waals surface area contributed by atoms with E-state index in [-0.39, 0.29) is 0 Å². The number of hydrogen-bond donors (Lipinski definition) is 2. The molecule has 0 aromatic rings. The largest absolute Gasteiger partial charge is 0.388 e. The van der Waals surface area contributed by atoms with Gasteiger partial charge < -0.3 is 10.6 Å². The molecule has 0 radical (unpaired) electrons. The Hall–Kier alpha value is -0.570. The van der Waals surface area contributed by atoms with Gasteiger partial charge in [-0.1, -0.05) is 50.7 Å². The molecule has 0 aromatic carbocycles. The zero-order valence-electron chi connectivity index (χ0n) is 11.3. The van der Waals surface area contributed by atoms with Gasteiger partial charge in [-0.3, -0.25) is 0 Å². The minimum atomic E-state index is 0.616. The summed E-state index contributed by atoms with van der Waals surface area (Å²) >= 11 is 5.36. The van der Waals surface area contributed by atoms with Crippen molar-refractivity contribution >= 4 is 17.2 Å². The van der Waals surface area contributed by atoms with E-state index in [1.54, 1.807) is 0 Å². The van der Waals surface area contributed by atoms with Gasteiger partial charge in [0.05, 0.1) is 0 Å². The smallest absolute Gasteiger partial charge is 0.100 e. The molecule has 2 nitrogen and oxygen atoms in total. The molecule has 0 aliphatic heterocycles. The molecule has 2 aliphatic carbocycles. The first-order valence-corrected chi connectivity index (χ1v) is 7.98. The van der Waals surface area contributed by atoms with Crippen molar-refractivity contribution in [2.75, 3.05) is 0 Å². The van der Waals surface area contributed by atoms with E-state index in [1.807, 2.05) is 12.3 Å². The summed E-state index contributed by atoms with van der Waals surface area (Å²) in [4.78, 5) is 0.894. The molecule has 0 atom stereocenters. The van der Waals surface area contributed by atoms with Crippen molar-refractivity contribution in [2.24, 2.45) is 0 Å². The molecule has 18 heavy (non-hydrogen) atoms. The highest BCUT2D eigenvalue weighted by Crippen LogP contribution is 2.18. The third kappa shape index (κ3) is 4.97. The van der Waals surface area contributed by atoms with Crippen molar-refractivity contribution in [3.63, 3.8) is 0 Å². The highest BCUT2D eigenvalue weighted by molar-refractivity contribution is 7.80. The summed E-state index contributed by atoms with van der Waals surface area (Å²) in [6.45, 7) is 0. The van der Waals surface area contributed by atoms with Crippen LogP contribution in [0, 0.1) is 0 Å². The number of rotatable bonds is 4. The fourth-order valence-corrected chi connectivity index (χ4v) is 3.26. The second-order valence-electron chi connectivity index (χ2n) is 5.68. The topological polar surface area (TPSA) is 24.1 Å². The van der Waals surface area contributed by atoms with E-state index in [1.165, 1.54) is 64.2 Å². The van der Waals surface area contributed by atoms with Crippen LogP contribution < -0.4 is 10.6 Å². The highest BCUT2D eigenvalue weighted by Gasteiger charge is 2.13. The van der Waals surface area contributed by atoms with Gasteiger partial charge in [0.15, 0.2) is 0 Å². The van der Waals surface area contributed by atoms with Crippen LogP contribution in [0.2, 0.25) is 0 Å². The van der Waals surface area contributed by atoms with Crippen molar-refractivity contribution in [2.45, 2.75) is 76.3 Å². The standard InChI is InChI=1S/C15H26N2S/c18-15(17-14-9-5-2-6-10-14)11-12-16-13-7-3-1-4-8-13/h11-14,16H,1-10H2,(H,17,18). The monoisotopic (exact) mass is 266 g/mol. The lowest BCUT2D eigenvalue weighted by atomic mass is 9.95. The van der Waals surface area contributed by atoms with Crippen LogP contribution in [0.1, 0.15) is 64.2 Å². The molecule has 3 heteroatoms. The van der Waals surface area contributed by atoms with Gasteiger partial charge >= 0.3 is 0 Å². The van der Waals surface area contributed by atoms with Crippen LogP contribution in [-0.4, -0.2) is 17.1 Å². The molecule has 0 amide bonds. The average Bonchev–Trinajstić information content (AvgIpc) is 2.41. The third-order valence-electron chi connectivity index (χ3n) is 4.12. The summed E-state index contributed by atoms with van der Waals surface area (Å²) in [6.07, 6.45) is 17.5. The van der Waals surface area contributed by atoms with Gasteiger partial charge in [0.2, 0.25) is 0 Å². The average molecular weight is 266 g/mol. The molecule has 2 saturated carbocycles. The van der Waals surface area contributed by atoms with Gasteiger partial charge in [-0.2, -0.15) is 0 Å². The second kappa shape index (κ2) is 7.78. The lowest BCUT2D eigenvalue weighted by Crippen LogP contribution is -2.34. The number of hydrogen-bond acceptors (Lipinski definition) is 2. The normalized spacial score (nSPS) is 23.1. The van der Waals surface area contributed by atoms with Gasteiger partial charge in [0.1, 0.15) is 4.99 Å². The number of thiocarbonyl (C=S) groups is 1. The Morgan fingerprint density at radius 1 is 0.833 bits per heavy atom. The Balaban J connectivity index is 1.63. The zero-order valence-corrected chi connectivity index (χ0v) is 12.1. The third-order valence-corrected chi connectivity index (χ3v) is 4.38. The molecule has 2 N–H and O–H groups in total. The minimum absolute atomic E-state index is 0.616. The maximum absolute atomic E-state index is 5.36. The first-order chi connectivity index (χ1) is 8.84. The maximum atomic E-state index is 5.36. The van der Waals surface area contributed by atoms with E-state index in [9.17, 15) is 0 Å². The first-order valence-electron chi connectivity index (χ1n) is 7.58. The van der Waals surface area contributed by atoms with Crippen LogP contribution in [0.15, 0.2) is 12.3 Å². The van der Waals surface area contributed by atoms with E-state index in [4.69, 9.17) is 12.2 Å². The molecule has 2 fully saturated rings. The SMILES string of the molecule is S=C(C=CNC1CCCCC1)NC1CCCCC1. The highest BCUT2D eigenvalue weighted by atomic mass is 32.1. The predicted octanol–water partition coefficient (Wildman–Crippen LogP) is 3.67. The predicted molar refractivity (Wildman–Crippen MR) is 81.8 cm³/mol. The molecular formula is C15H26N2S.